The zero-order valence-corrected chi connectivity index (χ0v) is 19.1. The highest BCUT2D eigenvalue weighted by Gasteiger charge is 2.41. The van der Waals surface area contributed by atoms with Crippen molar-refractivity contribution < 1.29 is 14.6 Å². The largest absolute Gasteiger partial charge is 0.494 e. The van der Waals surface area contributed by atoms with Gasteiger partial charge in [0.05, 0.1) is 25.4 Å². The van der Waals surface area contributed by atoms with Gasteiger partial charge in [-0.2, -0.15) is 0 Å². The fourth-order valence-electron chi connectivity index (χ4n) is 4.36. The molecule has 1 aliphatic heterocycles. The lowest BCUT2D eigenvalue weighted by Gasteiger charge is -2.42. The van der Waals surface area contributed by atoms with E-state index in [1.807, 2.05) is 55.5 Å². The Morgan fingerprint density at radius 2 is 1.70 bits per heavy atom. The fraction of sp³-hybridized carbons (Fsp3) is 0.520. The molecule has 1 heterocycles. The van der Waals surface area contributed by atoms with Crippen LogP contribution in [-0.4, -0.2) is 49.5 Å². The summed E-state index contributed by atoms with van der Waals surface area (Å²) in [6.07, 6.45) is 0.665. The molecule has 0 amide bonds. The van der Waals surface area contributed by atoms with Crippen LogP contribution in [0.25, 0.3) is 0 Å². The molecule has 30 heavy (non-hydrogen) atoms. The fourth-order valence-corrected chi connectivity index (χ4v) is 4.49. The van der Waals surface area contributed by atoms with Crippen LogP contribution in [0, 0.1) is 5.92 Å². The predicted molar refractivity (Wildman–Crippen MR) is 122 cm³/mol. The molecule has 2 aromatic carbocycles. The second-order valence-electron chi connectivity index (χ2n) is 8.50. The molecule has 1 aliphatic rings. The Balaban J connectivity index is 2.01. The van der Waals surface area contributed by atoms with Gasteiger partial charge in [0.25, 0.3) is 0 Å². The number of benzene rings is 2. The SMILES string of the molecule is CCOc1ccc([C@@](O)(CC(C)C)[C@H](CN2CCOCC2)c2ccc(Cl)cc2)cc1. The third kappa shape index (κ3) is 5.76. The van der Waals surface area contributed by atoms with Crippen molar-refractivity contribution in [3.8, 4) is 5.75 Å². The van der Waals surface area contributed by atoms with Gasteiger partial charge < -0.3 is 14.6 Å². The first-order chi connectivity index (χ1) is 14.4. The van der Waals surface area contributed by atoms with Crippen molar-refractivity contribution in [3.05, 3.63) is 64.7 Å². The van der Waals surface area contributed by atoms with Crippen molar-refractivity contribution in [2.45, 2.75) is 38.7 Å². The summed E-state index contributed by atoms with van der Waals surface area (Å²) in [5.41, 5.74) is 1.01. The summed E-state index contributed by atoms with van der Waals surface area (Å²) in [6, 6.07) is 15.9. The topological polar surface area (TPSA) is 41.9 Å². The molecule has 0 radical (unpaired) electrons. The molecule has 1 N–H and O–H groups in total. The Morgan fingerprint density at radius 1 is 1.07 bits per heavy atom. The number of ether oxygens (including phenoxy) is 2. The van der Waals surface area contributed by atoms with Crippen LogP contribution in [0.15, 0.2) is 48.5 Å². The van der Waals surface area contributed by atoms with E-state index in [2.05, 4.69) is 18.7 Å². The van der Waals surface area contributed by atoms with Gasteiger partial charge in [-0.05, 0) is 54.7 Å². The molecular formula is C25H34ClNO3. The summed E-state index contributed by atoms with van der Waals surface area (Å²) in [4.78, 5) is 2.39. The molecule has 5 heteroatoms. The van der Waals surface area contributed by atoms with Crippen molar-refractivity contribution in [2.24, 2.45) is 5.92 Å². The third-order valence-corrected chi connectivity index (χ3v) is 6.03. The predicted octanol–water partition coefficient (Wildman–Crippen LogP) is 5.09. The average Bonchev–Trinajstić information content (AvgIpc) is 2.74. The highest BCUT2D eigenvalue weighted by atomic mass is 35.5. The molecule has 3 rings (SSSR count). The van der Waals surface area contributed by atoms with E-state index in [4.69, 9.17) is 21.1 Å². The van der Waals surface area contributed by atoms with Gasteiger partial charge >= 0.3 is 0 Å². The number of aliphatic hydroxyl groups is 1. The Labute approximate surface area is 185 Å². The number of hydrogen-bond donors (Lipinski definition) is 1. The van der Waals surface area contributed by atoms with Crippen molar-refractivity contribution in [2.75, 3.05) is 39.5 Å². The maximum atomic E-state index is 12.3. The van der Waals surface area contributed by atoms with Crippen LogP contribution in [0.2, 0.25) is 5.02 Å². The lowest BCUT2D eigenvalue weighted by atomic mass is 9.72. The molecule has 0 aliphatic carbocycles. The van der Waals surface area contributed by atoms with Crippen LogP contribution in [0.5, 0.6) is 5.75 Å². The van der Waals surface area contributed by atoms with E-state index in [-0.39, 0.29) is 5.92 Å². The Morgan fingerprint density at radius 3 is 2.27 bits per heavy atom. The minimum atomic E-state index is -1.01. The highest BCUT2D eigenvalue weighted by Crippen LogP contribution is 2.43. The zero-order valence-electron chi connectivity index (χ0n) is 18.3. The quantitative estimate of drug-likeness (QED) is 0.600. The molecule has 0 unspecified atom stereocenters. The monoisotopic (exact) mass is 431 g/mol. The summed E-state index contributed by atoms with van der Waals surface area (Å²) >= 11 is 6.17. The van der Waals surface area contributed by atoms with E-state index in [9.17, 15) is 5.11 Å². The van der Waals surface area contributed by atoms with E-state index >= 15 is 0 Å². The van der Waals surface area contributed by atoms with Crippen molar-refractivity contribution in [1.82, 2.24) is 4.90 Å². The number of hydrogen-bond acceptors (Lipinski definition) is 4. The van der Waals surface area contributed by atoms with E-state index in [1.165, 1.54) is 0 Å². The number of rotatable bonds is 9. The van der Waals surface area contributed by atoms with Gasteiger partial charge in [0, 0.05) is 30.6 Å². The Hall–Kier alpha value is -1.59. The van der Waals surface area contributed by atoms with Gasteiger partial charge in [0.1, 0.15) is 5.75 Å². The molecular weight excluding hydrogens is 398 g/mol. The standard InChI is InChI=1S/C25H34ClNO3/c1-4-30-23-11-7-21(8-12-23)25(28,17-19(2)3)24(18-27-13-15-29-16-14-27)20-5-9-22(26)10-6-20/h5-12,19,24,28H,4,13-18H2,1-3H3/t24-,25+/m1/s1. The lowest BCUT2D eigenvalue weighted by Crippen LogP contribution is -2.45. The molecule has 0 saturated carbocycles. The molecule has 4 nitrogen and oxygen atoms in total. The first kappa shape index (κ1) is 23.1. The van der Waals surface area contributed by atoms with Crippen LogP contribution in [0.3, 0.4) is 0 Å². The van der Waals surface area contributed by atoms with E-state index in [0.717, 1.165) is 49.7 Å². The maximum Gasteiger partial charge on any atom is 0.119 e. The summed E-state index contributed by atoms with van der Waals surface area (Å²) < 4.78 is 11.2. The molecule has 2 aromatic rings. The van der Waals surface area contributed by atoms with Gasteiger partial charge in [-0.15, -0.1) is 0 Å². The summed E-state index contributed by atoms with van der Waals surface area (Å²) in [7, 11) is 0. The van der Waals surface area contributed by atoms with Gasteiger partial charge in [-0.1, -0.05) is 49.7 Å². The average molecular weight is 432 g/mol. The van der Waals surface area contributed by atoms with Crippen molar-refractivity contribution in [1.29, 1.82) is 0 Å². The van der Waals surface area contributed by atoms with E-state index in [1.54, 1.807) is 0 Å². The molecule has 1 fully saturated rings. The van der Waals surface area contributed by atoms with Gasteiger partial charge in [0.15, 0.2) is 0 Å². The van der Waals surface area contributed by atoms with Gasteiger partial charge in [-0.25, -0.2) is 0 Å². The minimum absolute atomic E-state index is 0.0896. The highest BCUT2D eigenvalue weighted by molar-refractivity contribution is 6.30. The molecule has 1 saturated heterocycles. The van der Waals surface area contributed by atoms with Crippen LogP contribution >= 0.6 is 11.6 Å². The van der Waals surface area contributed by atoms with Crippen LogP contribution in [-0.2, 0) is 10.3 Å². The normalized spacial score (nSPS) is 18.2. The molecule has 2 atom stereocenters. The van der Waals surface area contributed by atoms with E-state index < -0.39 is 5.60 Å². The lowest BCUT2D eigenvalue weighted by molar-refractivity contribution is -0.0356. The minimum Gasteiger partial charge on any atom is -0.494 e. The second kappa shape index (κ2) is 10.6. The van der Waals surface area contributed by atoms with Crippen molar-refractivity contribution in [3.63, 3.8) is 0 Å². The third-order valence-electron chi connectivity index (χ3n) is 5.78. The summed E-state index contributed by atoms with van der Waals surface area (Å²) in [5.74, 6) is 1.07. The van der Waals surface area contributed by atoms with Crippen LogP contribution < -0.4 is 4.74 Å². The first-order valence-corrected chi connectivity index (χ1v) is 11.3. The Bertz CT molecular complexity index is 772. The number of nitrogens with zero attached hydrogens (tertiary/aromatic N) is 1. The van der Waals surface area contributed by atoms with Gasteiger partial charge in [-0.3, -0.25) is 4.90 Å². The first-order valence-electron chi connectivity index (χ1n) is 10.9. The molecule has 164 valence electrons. The van der Waals surface area contributed by atoms with Crippen LogP contribution in [0.1, 0.15) is 44.2 Å². The molecule has 0 spiro atoms. The van der Waals surface area contributed by atoms with Crippen LogP contribution in [0.4, 0.5) is 0 Å². The summed E-state index contributed by atoms with van der Waals surface area (Å²) in [6.45, 7) is 10.9. The Kier molecular flexibility index (Phi) is 8.18. The number of halogens is 1. The maximum absolute atomic E-state index is 12.3. The van der Waals surface area contributed by atoms with Gasteiger partial charge in [0.2, 0.25) is 0 Å². The second-order valence-corrected chi connectivity index (χ2v) is 8.93. The molecule has 0 bridgehead atoms. The van der Waals surface area contributed by atoms with Crippen molar-refractivity contribution >= 4 is 11.6 Å². The smallest absolute Gasteiger partial charge is 0.119 e. The zero-order chi connectivity index (χ0) is 21.6. The summed E-state index contributed by atoms with van der Waals surface area (Å²) in [5, 5.41) is 13.0. The molecule has 0 aromatic heterocycles. The number of morpholine rings is 1. The van der Waals surface area contributed by atoms with E-state index in [0.29, 0.717) is 24.0 Å².